The summed E-state index contributed by atoms with van der Waals surface area (Å²) >= 11 is 0. The van der Waals surface area contributed by atoms with Crippen molar-refractivity contribution in [3.63, 3.8) is 0 Å². The van der Waals surface area contributed by atoms with Gasteiger partial charge in [0.15, 0.2) is 0 Å². The second-order valence-corrected chi connectivity index (χ2v) is 5.82. The number of nitro groups is 1. The Balaban J connectivity index is 1.70. The van der Waals surface area contributed by atoms with Crippen LogP contribution in [0.2, 0.25) is 0 Å². The van der Waals surface area contributed by atoms with Crippen LogP contribution in [-0.2, 0) is 6.18 Å². The maximum Gasteiger partial charge on any atom is 0.416 e. The zero-order valence-corrected chi connectivity index (χ0v) is 12.7. The summed E-state index contributed by atoms with van der Waals surface area (Å²) in [5, 5.41) is 10.7. The highest BCUT2D eigenvalue weighted by atomic mass is 19.4. The fourth-order valence-corrected chi connectivity index (χ4v) is 3.00. The van der Waals surface area contributed by atoms with E-state index in [1.807, 2.05) is 0 Å². The SMILES string of the molecule is O=[N+]([O-])c1ccc(N2CCC(c3ccc(C(F)(F)F)cc3)C2)cc1. The molecule has 1 aliphatic rings. The van der Waals surface area contributed by atoms with E-state index in [9.17, 15) is 23.3 Å². The maximum absolute atomic E-state index is 12.6. The van der Waals surface area contributed by atoms with Gasteiger partial charge in [-0.05, 0) is 36.2 Å². The average Bonchev–Trinajstić information content (AvgIpc) is 3.04. The van der Waals surface area contributed by atoms with E-state index >= 15 is 0 Å². The molecule has 2 aromatic rings. The molecular formula is C17H15F3N2O2. The minimum Gasteiger partial charge on any atom is -0.371 e. The second-order valence-electron chi connectivity index (χ2n) is 5.82. The van der Waals surface area contributed by atoms with Gasteiger partial charge in [0.05, 0.1) is 10.5 Å². The second kappa shape index (κ2) is 6.14. The Morgan fingerprint density at radius 1 is 1.04 bits per heavy atom. The predicted molar refractivity (Wildman–Crippen MR) is 84.1 cm³/mol. The summed E-state index contributed by atoms with van der Waals surface area (Å²) in [7, 11) is 0. The molecule has 1 fully saturated rings. The molecule has 24 heavy (non-hydrogen) atoms. The van der Waals surface area contributed by atoms with Crippen molar-refractivity contribution in [2.45, 2.75) is 18.5 Å². The number of anilines is 1. The molecule has 126 valence electrons. The lowest BCUT2D eigenvalue weighted by Gasteiger charge is -2.19. The van der Waals surface area contributed by atoms with E-state index in [2.05, 4.69) is 4.90 Å². The lowest BCUT2D eigenvalue weighted by molar-refractivity contribution is -0.384. The average molecular weight is 336 g/mol. The maximum atomic E-state index is 12.6. The van der Waals surface area contributed by atoms with Crippen molar-refractivity contribution in [1.82, 2.24) is 0 Å². The molecule has 0 aliphatic carbocycles. The Hall–Kier alpha value is -2.57. The van der Waals surface area contributed by atoms with Crippen molar-refractivity contribution in [3.8, 4) is 0 Å². The van der Waals surface area contributed by atoms with Crippen molar-refractivity contribution in [2.75, 3.05) is 18.0 Å². The van der Waals surface area contributed by atoms with Gasteiger partial charge in [-0.25, -0.2) is 0 Å². The molecule has 2 aromatic carbocycles. The quantitative estimate of drug-likeness (QED) is 0.607. The van der Waals surface area contributed by atoms with Gasteiger partial charge in [0.1, 0.15) is 0 Å². The number of non-ortho nitro benzene ring substituents is 1. The summed E-state index contributed by atoms with van der Waals surface area (Å²) in [6.45, 7) is 1.45. The standard InChI is InChI=1S/C17H15F3N2O2/c18-17(19,20)14-3-1-12(2-4-14)13-9-10-21(11-13)15-5-7-16(8-6-15)22(23)24/h1-8,13H,9-11H2. The number of hydrogen-bond acceptors (Lipinski definition) is 3. The van der Waals surface area contributed by atoms with Crippen LogP contribution in [0.1, 0.15) is 23.5 Å². The molecule has 3 rings (SSSR count). The fraction of sp³-hybridized carbons (Fsp3) is 0.294. The monoisotopic (exact) mass is 336 g/mol. The molecular weight excluding hydrogens is 321 g/mol. The summed E-state index contributed by atoms with van der Waals surface area (Å²) in [6.07, 6.45) is -3.48. The van der Waals surface area contributed by atoms with E-state index in [1.54, 1.807) is 12.1 Å². The van der Waals surface area contributed by atoms with Gasteiger partial charge in [0.25, 0.3) is 5.69 Å². The zero-order chi connectivity index (χ0) is 17.3. The van der Waals surface area contributed by atoms with E-state index < -0.39 is 16.7 Å². The Labute approximate surface area is 136 Å². The highest BCUT2D eigenvalue weighted by Gasteiger charge is 2.31. The van der Waals surface area contributed by atoms with Crippen molar-refractivity contribution >= 4 is 11.4 Å². The van der Waals surface area contributed by atoms with Crippen LogP contribution in [0.5, 0.6) is 0 Å². The molecule has 1 aliphatic heterocycles. The number of halogens is 3. The minimum absolute atomic E-state index is 0.0391. The van der Waals surface area contributed by atoms with Crippen molar-refractivity contribution in [1.29, 1.82) is 0 Å². The molecule has 0 spiro atoms. The molecule has 1 atom stereocenters. The van der Waals surface area contributed by atoms with Crippen LogP contribution >= 0.6 is 0 Å². The number of rotatable bonds is 3. The van der Waals surface area contributed by atoms with E-state index in [1.165, 1.54) is 24.3 Å². The third kappa shape index (κ3) is 3.34. The van der Waals surface area contributed by atoms with Gasteiger partial charge in [-0.15, -0.1) is 0 Å². The van der Waals surface area contributed by atoms with Crippen LogP contribution in [0.3, 0.4) is 0 Å². The van der Waals surface area contributed by atoms with Gasteiger partial charge in [0.2, 0.25) is 0 Å². The molecule has 0 aromatic heterocycles. The van der Waals surface area contributed by atoms with Crippen LogP contribution in [0, 0.1) is 10.1 Å². The van der Waals surface area contributed by atoms with E-state index in [-0.39, 0.29) is 11.6 Å². The summed E-state index contributed by atoms with van der Waals surface area (Å²) in [5.41, 5.74) is 1.16. The first-order chi connectivity index (χ1) is 11.3. The molecule has 0 bridgehead atoms. The largest absolute Gasteiger partial charge is 0.416 e. The van der Waals surface area contributed by atoms with Gasteiger partial charge in [0, 0.05) is 36.8 Å². The first kappa shape index (κ1) is 16.3. The zero-order valence-electron chi connectivity index (χ0n) is 12.7. The lowest BCUT2D eigenvalue weighted by atomic mass is 9.97. The number of nitro benzene ring substituents is 1. The third-order valence-electron chi connectivity index (χ3n) is 4.32. The Morgan fingerprint density at radius 3 is 2.21 bits per heavy atom. The molecule has 7 heteroatoms. The van der Waals surface area contributed by atoms with E-state index in [4.69, 9.17) is 0 Å². The Morgan fingerprint density at radius 2 is 1.67 bits per heavy atom. The Bertz CT molecular complexity index is 727. The third-order valence-corrected chi connectivity index (χ3v) is 4.32. The smallest absolute Gasteiger partial charge is 0.371 e. The molecule has 0 N–H and O–H groups in total. The summed E-state index contributed by atoms with van der Waals surface area (Å²) in [4.78, 5) is 12.3. The molecule has 1 saturated heterocycles. The van der Waals surface area contributed by atoms with Crippen molar-refractivity contribution in [3.05, 3.63) is 69.8 Å². The van der Waals surface area contributed by atoms with Crippen molar-refractivity contribution < 1.29 is 18.1 Å². The number of alkyl halides is 3. The van der Waals surface area contributed by atoms with Gasteiger partial charge in [-0.1, -0.05) is 12.1 Å². The fourth-order valence-electron chi connectivity index (χ4n) is 3.00. The lowest BCUT2D eigenvalue weighted by Crippen LogP contribution is -2.19. The topological polar surface area (TPSA) is 46.4 Å². The van der Waals surface area contributed by atoms with Crippen LogP contribution in [0.15, 0.2) is 48.5 Å². The minimum atomic E-state index is -4.32. The van der Waals surface area contributed by atoms with Crippen LogP contribution < -0.4 is 4.90 Å². The van der Waals surface area contributed by atoms with Gasteiger partial charge < -0.3 is 4.90 Å². The van der Waals surface area contributed by atoms with Gasteiger partial charge in [-0.2, -0.15) is 13.2 Å². The highest BCUT2D eigenvalue weighted by Crippen LogP contribution is 2.34. The Kier molecular flexibility index (Phi) is 4.17. The van der Waals surface area contributed by atoms with Gasteiger partial charge in [-0.3, -0.25) is 10.1 Å². The first-order valence-corrected chi connectivity index (χ1v) is 7.51. The van der Waals surface area contributed by atoms with Crippen LogP contribution in [0.4, 0.5) is 24.5 Å². The van der Waals surface area contributed by atoms with Crippen molar-refractivity contribution in [2.24, 2.45) is 0 Å². The molecule has 4 nitrogen and oxygen atoms in total. The predicted octanol–water partition coefficient (Wildman–Crippen LogP) is 4.61. The summed E-state index contributed by atoms with van der Waals surface area (Å²) < 4.78 is 37.8. The molecule has 1 unspecified atom stereocenters. The number of nitrogens with zero attached hydrogens (tertiary/aromatic N) is 2. The van der Waals surface area contributed by atoms with E-state index in [0.29, 0.717) is 6.54 Å². The number of benzene rings is 2. The number of hydrogen-bond donors (Lipinski definition) is 0. The summed E-state index contributed by atoms with van der Waals surface area (Å²) in [5.74, 6) is 0.155. The molecule has 0 amide bonds. The normalized spacial score (nSPS) is 18.0. The van der Waals surface area contributed by atoms with Crippen LogP contribution in [-0.4, -0.2) is 18.0 Å². The first-order valence-electron chi connectivity index (χ1n) is 7.51. The molecule has 0 radical (unpaired) electrons. The summed E-state index contributed by atoms with van der Waals surface area (Å²) in [6, 6.07) is 11.6. The molecule has 0 saturated carbocycles. The van der Waals surface area contributed by atoms with Gasteiger partial charge >= 0.3 is 6.18 Å². The molecule has 1 heterocycles. The van der Waals surface area contributed by atoms with E-state index in [0.717, 1.165) is 36.3 Å². The highest BCUT2D eigenvalue weighted by molar-refractivity contribution is 5.52. The van der Waals surface area contributed by atoms with Crippen LogP contribution in [0.25, 0.3) is 0 Å².